The minimum Gasteiger partial charge on any atom is -0.392 e. The lowest BCUT2D eigenvalue weighted by Gasteiger charge is -2.43. The molecule has 2 atom stereocenters. The topological polar surface area (TPSA) is 89.7 Å². The average Bonchev–Trinajstić information content (AvgIpc) is 3.64. The standard InChI is InChI=1S/C18H38O5Si.C13H28O4Si/c1-16(2,3)21-24(22-17(4,5)6,23-18(7,8)9)12-10-11-19-13-15-14-20-15;1-11(2)16-18(5,17-12(3)4)8-6-7-14-9-13-10-15-13/h15H,10-14H2,1-9H3;11-13H,6-10H2,1-5H3. The van der Waals surface area contributed by atoms with Crippen LogP contribution in [0.15, 0.2) is 0 Å². The van der Waals surface area contributed by atoms with E-state index < -0.39 is 17.4 Å². The first-order valence-corrected chi connectivity index (χ1v) is 20.4. The van der Waals surface area contributed by atoms with Crippen LogP contribution in [-0.2, 0) is 41.1 Å². The summed E-state index contributed by atoms with van der Waals surface area (Å²) in [5, 5.41) is 0. The van der Waals surface area contributed by atoms with E-state index in [0.717, 1.165) is 51.4 Å². The summed E-state index contributed by atoms with van der Waals surface area (Å²) in [5.74, 6) is 0. The normalized spacial score (nSPS) is 19.7. The Morgan fingerprint density at radius 2 is 0.952 bits per heavy atom. The minimum atomic E-state index is -2.87. The van der Waals surface area contributed by atoms with Crippen molar-refractivity contribution >= 4 is 17.4 Å². The monoisotopic (exact) mass is 638 g/mol. The molecule has 0 N–H and O–H groups in total. The van der Waals surface area contributed by atoms with Gasteiger partial charge in [-0.2, -0.15) is 0 Å². The van der Waals surface area contributed by atoms with Crippen molar-refractivity contribution in [2.24, 2.45) is 0 Å². The fourth-order valence-electron chi connectivity index (χ4n) is 4.40. The number of rotatable bonds is 19. The molecule has 0 amide bonds. The summed E-state index contributed by atoms with van der Waals surface area (Å²) in [6.07, 6.45) is 2.94. The van der Waals surface area contributed by atoms with Gasteiger partial charge in [-0.15, -0.1) is 0 Å². The zero-order valence-corrected chi connectivity index (χ0v) is 31.6. The van der Waals surface area contributed by atoms with Crippen molar-refractivity contribution in [1.29, 1.82) is 0 Å². The molecule has 0 radical (unpaired) electrons. The van der Waals surface area contributed by atoms with Gasteiger partial charge in [0.1, 0.15) is 12.2 Å². The largest absolute Gasteiger partial charge is 0.502 e. The molecule has 42 heavy (non-hydrogen) atoms. The smallest absolute Gasteiger partial charge is 0.392 e. The first-order chi connectivity index (χ1) is 19.1. The molecule has 2 rings (SSSR count). The molecule has 2 fully saturated rings. The highest BCUT2D eigenvalue weighted by Crippen LogP contribution is 2.32. The van der Waals surface area contributed by atoms with Gasteiger partial charge in [0.25, 0.3) is 0 Å². The Labute approximate surface area is 260 Å². The third kappa shape index (κ3) is 22.6. The Bertz CT molecular complexity index is 671. The molecule has 0 aromatic heterocycles. The van der Waals surface area contributed by atoms with Gasteiger partial charge >= 0.3 is 17.4 Å². The van der Waals surface area contributed by atoms with Crippen molar-refractivity contribution in [1.82, 2.24) is 0 Å². The summed E-state index contributed by atoms with van der Waals surface area (Å²) < 4.78 is 52.8. The molecule has 0 aliphatic carbocycles. The molecular weight excluding hydrogens is 573 g/mol. The van der Waals surface area contributed by atoms with Crippen molar-refractivity contribution in [3.05, 3.63) is 0 Å². The van der Waals surface area contributed by atoms with E-state index >= 15 is 0 Å². The summed E-state index contributed by atoms with van der Waals surface area (Å²) in [5.41, 5.74) is -0.984. The highest BCUT2D eigenvalue weighted by molar-refractivity contribution is 6.66. The van der Waals surface area contributed by atoms with Gasteiger partial charge in [0.05, 0.1) is 43.2 Å². The van der Waals surface area contributed by atoms with Crippen LogP contribution in [0.2, 0.25) is 18.6 Å². The van der Waals surface area contributed by atoms with Gasteiger partial charge in [-0.05, 0) is 115 Å². The van der Waals surface area contributed by atoms with Gasteiger partial charge in [-0.25, -0.2) is 0 Å². The predicted octanol–water partition coefficient (Wildman–Crippen LogP) is 6.89. The highest BCUT2D eigenvalue weighted by atomic mass is 28.4. The third-order valence-electron chi connectivity index (χ3n) is 5.46. The molecule has 11 heteroatoms. The number of hydrogen-bond acceptors (Lipinski definition) is 9. The Morgan fingerprint density at radius 1 is 0.619 bits per heavy atom. The third-order valence-corrected chi connectivity index (χ3v) is 12.4. The van der Waals surface area contributed by atoms with Crippen molar-refractivity contribution < 1.29 is 41.1 Å². The van der Waals surface area contributed by atoms with Gasteiger partial charge in [0.2, 0.25) is 0 Å². The van der Waals surface area contributed by atoms with E-state index in [4.69, 9.17) is 41.1 Å². The van der Waals surface area contributed by atoms with E-state index in [2.05, 4.69) is 34.2 Å². The van der Waals surface area contributed by atoms with E-state index in [1.54, 1.807) is 0 Å². The zero-order valence-electron chi connectivity index (χ0n) is 29.6. The van der Waals surface area contributed by atoms with Crippen molar-refractivity contribution in [2.75, 3.05) is 39.6 Å². The number of epoxide rings is 2. The summed E-state index contributed by atoms with van der Waals surface area (Å²) in [6, 6.07) is 1.72. The van der Waals surface area contributed by atoms with Crippen LogP contribution >= 0.6 is 0 Å². The quantitative estimate of drug-likeness (QED) is 0.0852. The molecular formula is C31H66O9Si2. The first kappa shape index (κ1) is 40.1. The van der Waals surface area contributed by atoms with E-state index in [0.29, 0.717) is 25.4 Å². The van der Waals surface area contributed by atoms with Crippen molar-refractivity contribution in [3.8, 4) is 0 Å². The van der Waals surface area contributed by atoms with Gasteiger partial charge in [0, 0.05) is 31.5 Å². The molecule has 2 aliphatic heterocycles. The molecule has 0 aromatic carbocycles. The maximum atomic E-state index is 6.43. The molecule has 0 spiro atoms. The van der Waals surface area contributed by atoms with Crippen LogP contribution in [0.4, 0.5) is 0 Å². The molecule has 0 aromatic rings. The Morgan fingerprint density at radius 3 is 1.24 bits per heavy atom. The lowest BCUT2D eigenvalue weighted by Crippen LogP contribution is -2.57. The van der Waals surface area contributed by atoms with Gasteiger partial charge in [-0.1, -0.05) is 0 Å². The minimum absolute atomic E-state index is 0.223. The lowest BCUT2D eigenvalue weighted by molar-refractivity contribution is -0.0761. The van der Waals surface area contributed by atoms with E-state index in [1.165, 1.54) is 0 Å². The first-order valence-electron chi connectivity index (χ1n) is 16.0. The highest BCUT2D eigenvalue weighted by Gasteiger charge is 2.49. The van der Waals surface area contributed by atoms with Gasteiger partial charge in [0.15, 0.2) is 0 Å². The Balaban J connectivity index is 0.000000437. The Hall–Kier alpha value is 0.0738. The zero-order chi connectivity index (χ0) is 32.2. The molecule has 9 nitrogen and oxygen atoms in total. The van der Waals surface area contributed by atoms with Gasteiger partial charge < -0.3 is 41.1 Å². The average molecular weight is 639 g/mol. The summed E-state index contributed by atoms with van der Waals surface area (Å²) >= 11 is 0. The van der Waals surface area contributed by atoms with Crippen LogP contribution in [0.1, 0.15) is 103 Å². The van der Waals surface area contributed by atoms with Crippen LogP contribution in [0.25, 0.3) is 0 Å². The second-order valence-corrected chi connectivity index (χ2v) is 20.8. The fraction of sp³-hybridized carbons (Fsp3) is 1.00. The fourth-order valence-corrected chi connectivity index (χ4v) is 11.3. The van der Waals surface area contributed by atoms with Crippen LogP contribution in [-0.4, -0.2) is 98.2 Å². The maximum absolute atomic E-state index is 6.43. The molecule has 2 aliphatic rings. The molecule has 252 valence electrons. The van der Waals surface area contributed by atoms with E-state index in [9.17, 15) is 0 Å². The van der Waals surface area contributed by atoms with E-state index in [1.807, 2.05) is 62.3 Å². The molecule has 0 saturated carbocycles. The molecule has 0 bridgehead atoms. The predicted molar refractivity (Wildman–Crippen MR) is 172 cm³/mol. The van der Waals surface area contributed by atoms with Crippen LogP contribution < -0.4 is 0 Å². The van der Waals surface area contributed by atoms with Crippen LogP contribution in [0, 0.1) is 0 Å². The lowest BCUT2D eigenvalue weighted by atomic mass is 10.2. The van der Waals surface area contributed by atoms with Gasteiger partial charge in [-0.3, -0.25) is 0 Å². The molecule has 2 unspecified atom stereocenters. The second kappa shape index (κ2) is 17.7. The van der Waals surface area contributed by atoms with Crippen molar-refractivity contribution in [3.63, 3.8) is 0 Å². The molecule has 2 saturated heterocycles. The van der Waals surface area contributed by atoms with Crippen LogP contribution in [0.5, 0.6) is 0 Å². The SMILES string of the molecule is CC(C)(C)O[Si](CCCOCC1CO1)(OC(C)(C)C)OC(C)(C)C.CC(C)O[Si](C)(CCCOCC1CO1)OC(C)C. The second-order valence-electron chi connectivity index (χ2n) is 15.1. The number of ether oxygens (including phenoxy) is 4. The van der Waals surface area contributed by atoms with Crippen molar-refractivity contribution in [2.45, 2.75) is 163 Å². The summed E-state index contributed by atoms with van der Waals surface area (Å²) in [7, 11) is -4.92. The maximum Gasteiger partial charge on any atom is 0.502 e. The summed E-state index contributed by atoms with van der Waals surface area (Å²) in [6.45, 7) is 33.4. The Kier molecular flexibility index (Phi) is 16.9. The molecule has 2 heterocycles. The number of hydrogen-bond donors (Lipinski definition) is 0. The summed E-state index contributed by atoms with van der Waals surface area (Å²) in [4.78, 5) is 0. The van der Waals surface area contributed by atoms with E-state index in [-0.39, 0.29) is 29.0 Å². The van der Waals surface area contributed by atoms with Crippen LogP contribution in [0.3, 0.4) is 0 Å².